The molecule has 0 fully saturated rings. The van der Waals surface area contributed by atoms with Gasteiger partial charge in [0.25, 0.3) is 0 Å². The molecule has 1 atom stereocenters. The largest absolute Gasteiger partial charge is 0.497 e. The van der Waals surface area contributed by atoms with Gasteiger partial charge >= 0.3 is 0 Å². The molecule has 0 spiro atoms. The first-order chi connectivity index (χ1) is 9.69. The molecule has 2 aromatic rings. The molecule has 102 valence electrons. The Bertz CT molecular complexity index is 664. The van der Waals surface area contributed by atoms with E-state index in [-0.39, 0.29) is 17.3 Å². The lowest BCUT2D eigenvalue weighted by atomic mass is 9.74. The average molecular weight is 270 g/mol. The molecule has 1 aliphatic rings. The first-order valence-electron chi connectivity index (χ1n) is 6.63. The molecule has 3 heteroatoms. The van der Waals surface area contributed by atoms with Crippen molar-refractivity contribution in [2.75, 3.05) is 7.11 Å². The summed E-state index contributed by atoms with van der Waals surface area (Å²) in [5, 5.41) is 0. The van der Waals surface area contributed by atoms with Crippen LogP contribution in [0.1, 0.15) is 33.8 Å². The van der Waals surface area contributed by atoms with Gasteiger partial charge in [0.05, 0.1) is 12.7 Å². The van der Waals surface area contributed by atoms with E-state index in [1.165, 1.54) is 30.4 Å². The third kappa shape index (κ3) is 2.20. The summed E-state index contributed by atoms with van der Waals surface area (Å²) in [6.07, 6.45) is 1.26. The van der Waals surface area contributed by atoms with E-state index in [0.717, 1.165) is 6.42 Å². The summed E-state index contributed by atoms with van der Waals surface area (Å²) in [7, 11) is 1.47. The minimum atomic E-state index is -0.512. The van der Waals surface area contributed by atoms with Crippen molar-refractivity contribution in [2.24, 2.45) is 0 Å². The van der Waals surface area contributed by atoms with Gasteiger partial charge in [0.15, 0.2) is 5.78 Å². The van der Waals surface area contributed by atoms with E-state index in [9.17, 15) is 9.18 Å². The van der Waals surface area contributed by atoms with Crippen LogP contribution in [0.15, 0.2) is 42.5 Å². The summed E-state index contributed by atoms with van der Waals surface area (Å²) in [6.45, 7) is 0. The third-order valence-corrected chi connectivity index (χ3v) is 3.87. The van der Waals surface area contributed by atoms with Crippen molar-refractivity contribution in [1.82, 2.24) is 0 Å². The SMILES string of the molecule is COc1ccc(C(=O)CC2Cc3ccccc32)c(F)c1. The van der Waals surface area contributed by atoms with Gasteiger partial charge in [-0.3, -0.25) is 4.79 Å². The van der Waals surface area contributed by atoms with Crippen molar-refractivity contribution < 1.29 is 13.9 Å². The van der Waals surface area contributed by atoms with Crippen LogP contribution in [-0.2, 0) is 6.42 Å². The molecule has 0 heterocycles. The Kier molecular flexibility index (Phi) is 3.26. The van der Waals surface area contributed by atoms with Crippen LogP contribution in [0.25, 0.3) is 0 Å². The second-order valence-corrected chi connectivity index (χ2v) is 5.07. The monoisotopic (exact) mass is 270 g/mol. The number of carbonyl (C=O) groups is 1. The summed E-state index contributed by atoms with van der Waals surface area (Å²) in [4.78, 5) is 12.2. The minimum absolute atomic E-state index is 0.148. The number of benzene rings is 2. The highest BCUT2D eigenvalue weighted by Gasteiger charge is 2.28. The number of Topliss-reactive ketones (excluding diaryl/α,β-unsaturated/α-hetero) is 1. The molecule has 1 unspecified atom stereocenters. The fourth-order valence-corrected chi connectivity index (χ4v) is 2.73. The Labute approximate surface area is 117 Å². The highest BCUT2D eigenvalue weighted by molar-refractivity contribution is 5.97. The van der Waals surface area contributed by atoms with Gasteiger partial charge in [0.2, 0.25) is 0 Å². The smallest absolute Gasteiger partial charge is 0.166 e. The van der Waals surface area contributed by atoms with Gasteiger partial charge in [-0.15, -0.1) is 0 Å². The first-order valence-corrected chi connectivity index (χ1v) is 6.63. The lowest BCUT2D eigenvalue weighted by Gasteiger charge is -2.29. The van der Waals surface area contributed by atoms with E-state index >= 15 is 0 Å². The Morgan fingerprint density at radius 3 is 2.80 bits per heavy atom. The quantitative estimate of drug-likeness (QED) is 0.791. The number of halogens is 1. The van der Waals surface area contributed by atoms with Crippen LogP contribution in [0.2, 0.25) is 0 Å². The maximum absolute atomic E-state index is 13.9. The molecule has 1 aliphatic carbocycles. The summed E-state index contributed by atoms with van der Waals surface area (Å²) in [5.41, 5.74) is 2.66. The van der Waals surface area contributed by atoms with Gasteiger partial charge < -0.3 is 4.74 Å². The van der Waals surface area contributed by atoms with Crippen LogP contribution in [-0.4, -0.2) is 12.9 Å². The Morgan fingerprint density at radius 1 is 1.30 bits per heavy atom. The normalized spacial score (nSPS) is 16.2. The van der Waals surface area contributed by atoms with E-state index in [1.807, 2.05) is 18.2 Å². The Hall–Kier alpha value is -2.16. The molecule has 0 saturated carbocycles. The van der Waals surface area contributed by atoms with Crippen molar-refractivity contribution in [3.05, 3.63) is 65.0 Å². The average Bonchev–Trinajstić information content (AvgIpc) is 2.44. The number of ether oxygens (including phenoxy) is 1. The maximum Gasteiger partial charge on any atom is 0.166 e. The molecule has 0 aromatic heterocycles. The Morgan fingerprint density at radius 2 is 2.10 bits per heavy atom. The van der Waals surface area contributed by atoms with Crippen LogP contribution in [0.5, 0.6) is 5.75 Å². The topological polar surface area (TPSA) is 26.3 Å². The van der Waals surface area contributed by atoms with Crippen molar-refractivity contribution >= 4 is 5.78 Å². The molecule has 0 radical (unpaired) electrons. The molecule has 0 saturated heterocycles. The zero-order valence-corrected chi connectivity index (χ0v) is 11.2. The molecule has 0 aliphatic heterocycles. The fourth-order valence-electron chi connectivity index (χ4n) is 2.73. The zero-order chi connectivity index (χ0) is 14.1. The summed E-state index contributed by atoms with van der Waals surface area (Å²) in [5.74, 6) is -0.0140. The molecule has 2 aromatic carbocycles. The summed E-state index contributed by atoms with van der Waals surface area (Å²) >= 11 is 0. The number of hydrogen-bond donors (Lipinski definition) is 0. The number of fused-ring (bicyclic) bond motifs is 1. The highest BCUT2D eigenvalue weighted by Crippen LogP contribution is 2.38. The third-order valence-electron chi connectivity index (χ3n) is 3.87. The molecule has 0 bridgehead atoms. The summed E-state index contributed by atoms with van der Waals surface area (Å²) in [6, 6.07) is 12.5. The molecule has 3 rings (SSSR count). The number of carbonyl (C=O) groups excluding carboxylic acids is 1. The van der Waals surface area contributed by atoms with Crippen molar-refractivity contribution in [1.29, 1.82) is 0 Å². The molecular formula is C17H15FO2. The lowest BCUT2D eigenvalue weighted by molar-refractivity contribution is 0.0966. The van der Waals surface area contributed by atoms with Crippen molar-refractivity contribution in [3.63, 3.8) is 0 Å². The zero-order valence-electron chi connectivity index (χ0n) is 11.2. The number of hydrogen-bond acceptors (Lipinski definition) is 2. The van der Waals surface area contributed by atoms with E-state index in [2.05, 4.69) is 6.07 Å². The predicted octanol–water partition coefficient (Wildman–Crippen LogP) is 3.75. The van der Waals surface area contributed by atoms with Crippen LogP contribution >= 0.6 is 0 Å². The van der Waals surface area contributed by atoms with E-state index in [1.54, 1.807) is 6.07 Å². The molecule has 20 heavy (non-hydrogen) atoms. The fraction of sp³-hybridized carbons (Fsp3) is 0.235. The van der Waals surface area contributed by atoms with Gasteiger partial charge in [-0.05, 0) is 35.6 Å². The van der Waals surface area contributed by atoms with Gasteiger partial charge in [0.1, 0.15) is 11.6 Å². The Balaban J connectivity index is 1.75. The van der Waals surface area contributed by atoms with Crippen LogP contribution < -0.4 is 4.74 Å². The molecule has 0 amide bonds. The first kappa shape index (κ1) is 12.9. The van der Waals surface area contributed by atoms with Gasteiger partial charge in [-0.25, -0.2) is 4.39 Å². The number of rotatable bonds is 4. The van der Waals surface area contributed by atoms with E-state index in [4.69, 9.17) is 4.74 Å². The second kappa shape index (κ2) is 5.08. The lowest BCUT2D eigenvalue weighted by Crippen LogP contribution is -2.20. The van der Waals surface area contributed by atoms with Crippen molar-refractivity contribution in [2.45, 2.75) is 18.8 Å². The number of ketones is 1. The van der Waals surface area contributed by atoms with Gasteiger partial charge in [-0.1, -0.05) is 24.3 Å². The standard InChI is InChI=1S/C17H15FO2/c1-20-13-6-7-15(16(18)10-13)17(19)9-12-8-11-4-2-3-5-14(11)12/h2-7,10,12H,8-9H2,1H3. The van der Waals surface area contributed by atoms with E-state index < -0.39 is 5.82 Å². The van der Waals surface area contributed by atoms with Crippen LogP contribution in [0.3, 0.4) is 0 Å². The second-order valence-electron chi connectivity index (χ2n) is 5.07. The van der Waals surface area contributed by atoms with Gasteiger partial charge in [0, 0.05) is 12.5 Å². The number of methoxy groups -OCH3 is 1. The maximum atomic E-state index is 13.9. The van der Waals surface area contributed by atoms with Crippen LogP contribution in [0.4, 0.5) is 4.39 Å². The summed E-state index contributed by atoms with van der Waals surface area (Å²) < 4.78 is 18.8. The molecule has 0 N–H and O–H groups in total. The minimum Gasteiger partial charge on any atom is -0.497 e. The molecular weight excluding hydrogens is 255 g/mol. The highest BCUT2D eigenvalue weighted by atomic mass is 19.1. The van der Waals surface area contributed by atoms with Crippen LogP contribution in [0, 0.1) is 5.82 Å². The molecule has 2 nitrogen and oxygen atoms in total. The van der Waals surface area contributed by atoms with E-state index in [0.29, 0.717) is 12.2 Å². The predicted molar refractivity (Wildman–Crippen MR) is 74.8 cm³/mol. The van der Waals surface area contributed by atoms with Gasteiger partial charge in [-0.2, -0.15) is 0 Å². The van der Waals surface area contributed by atoms with Crippen molar-refractivity contribution in [3.8, 4) is 5.75 Å².